The van der Waals surface area contributed by atoms with Gasteiger partial charge in [-0.2, -0.15) is 5.26 Å². The van der Waals surface area contributed by atoms with E-state index in [0.29, 0.717) is 6.61 Å². The van der Waals surface area contributed by atoms with Crippen molar-refractivity contribution < 1.29 is 4.74 Å². The van der Waals surface area contributed by atoms with Crippen molar-refractivity contribution in [3.05, 3.63) is 64.7 Å². The molecule has 2 aromatic carbocycles. The quantitative estimate of drug-likeness (QED) is 0.814. The van der Waals surface area contributed by atoms with Crippen LogP contribution in [0.5, 0.6) is 5.75 Å². The Hall–Kier alpha value is -2.27. The first-order valence-electron chi connectivity index (χ1n) is 5.89. The summed E-state index contributed by atoms with van der Waals surface area (Å²) in [5.74, 6) is 0.813. The van der Waals surface area contributed by atoms with Gasteiger partial charge in [-0.15, -0.1) is 0 Å². The molecule has 0 aliphatic carbocycles. The van der Waals surface area contributed by atoms with Crippen molar-refractivity contribution in [3.63, 3.8) is 0 Å². The zero-order valence-corrected chi connectivity index (χ0v) is 10.6. The molecule has 0 aliphatic rings. The topological polar surface area (TPSA) is 33.0 Å². The molecule has 0 heterocycles. The summed E-state index contributed by atoms with van der Waals surface area (Å²) >= 11 is 0. The van der Waals surface area contributed by atoms with Crippen molar-refractivity contribution >= 4 is 0 Å². The first-order chi connectivity index (χ1) is 8.70. The van der Waals surface area contributed by atoms with Crippen LogP contribution in [0.1, 0.15) is 22.3 Å². The second kappa shape index (κ2) is 5.37. The van der Waals surface area contributed by atoms with E-state index in [9.17, 15) is 0 Å². The standard InChI is InChI=1S/C16H15NO/c1-12-8-15(9-13(2)16(12)10-17)18-11-14-6-4-3-5-7-14/h3-9H,11H2,1-2H3. The lowest BCUT2D eigenvalue weighted by Gasteiger charge is -2.09. The van der Waals surface area contributed by atoms with Gasteiger partial charge in [-0.25, -0.2) is 0 Å². The van der Waals surface area contributed by atoms with E-state index in [4.69, 9.17) is 10.00 Å². The monoisotopic (exact) mass is 237 g/mol. The van der Waals surface area contributed by atoms with Gasteiger partial charge in [0.2, 0.25) is 0 Å². The van der Waals surface area contributed by atoms with Gasteiger partial charge < -0.3 is 4.74 Å². The van der Waals surface area contributed by atoms with Crippen molar-refractivity contribution in [1.29, 1.82) is 5.26 Å². The lowest BCUT2D eigenvalue weighted by atomic mass is 10.0. The van der Waals surface area contributed by atoms with Gasteiger partial charge in [-0.3, -0.25) is 0 Å². The molecule has 0 amide bonds. The Morgan fingerprint density at radius 2 is 1.67 bits per heavy atom. The van der Waals surface area contributed by atoms with Crippen LogP contribution in [0.4, 0.5) is 0 Å². The molecule has 0 aromatic heterocycles. The van der Waals surface area contributed by atoms with Gasteiger partial charge in [-0.05, 0) is 42.7 Å². The maximum absolute atomic E-state index is 9.01. The lowest BCUT2D eigenvalue weighted by Crippen LogP contribution is -1.97. The van der Waals surface area contributed by atoms with Crippen LogP contribution in [0, 0.1) is 25.2 Å². The Bertz CT molecular complexity index is 559. The number of ether oxygens (including phenoxy) is 1. The highest BCUT2D eigenvalue weighted by molar-refractivity contribution is 5.47. The van der Waals surface area contributed by atoms with E-state index in [-0.39, 0.29) is 0 Å². The fourth-order valence-electron chi connectivity index (χ4n) is 1.92. The molecule has 18 heavy (non-hydrogen) atoms. The fraction of sp³-hybridized carbons (Fsp3) is 0.188. The molecule has 0 N–H and O–H groups in total. The van der Waals surface area contributed by atoms with Crippen LogP contribution in [0.3, 0.4) is 0 Å². The third-order valence-electron chi connectivity index (χ3n) is 2.87. The number of aryl methyl sites for hydroxylation is 2. The van der Waals surface area contributed by atoms with E-state index in [0.717, 1.165) is 28.0 Å². The molecule has 2 aromatic rings. The highest BCUT2D eigenvalue weighted by Gasteiger charge is 2.05. The first kappa shape index (κ1) is 12.2. The van der Waals surface area contributed by atoms with Gasteiger partial charge >= 0.3 is 0 Å². The third-order valence-corrected chi connectivity index (χ3v) is 2.87. The van der Waals surface area contributed by atoms with Crippen molar-refractivity contribution in [2.24, 2.45) is 0 Å². The van der Waals surface area contributed by atoms with Crippen LogP contribution in [-0.4, -0.2) is 0 Å². The highest BCUT2D eigenvalue weighted by Crippen LogP contribution is 2.21. The second-order valence-electron chi connectivity index (χ2n) is 4.32. The zero-order chi connectivity index (χ0) is 13.0. The molecule has 0 aliphatic heterocycles. The maximum Gasteiger partial charge on any atom is 0.120 e. The molecule has 90 valence electrons. The van der Waals surface area contributed by atoms with E-state index < -0.39 is 0 Å². The molecule has 0 saturated heterocycles. The van der Waals surface area contributed by atoms with Crippen LogP contribution in [-0.2, 0) is 6.61 Å². The van der Waals surface area contributed by atoms with Crippen molar-refractivity contribution in [2.75, 3.05) is 0 Å². The summed E-state index contributed by atoms with van der Waals surface area (Å²) in [6, 6.07) is 16.1. The average molecular weight is 237 g/mol. The molecule has 2 nitrogen and oxygen atoms in total. The number of rotatable bonds is 3. The number of nitriles is 1. The smallest absolute Gasteiger partial charge is 0.120 e. The SMILES string of the molecule is Cc1cc(OCc2ccccc2)cc(C)c1C#N. The van der Waals surface area contributed by atoms with Gasteiger partial charge in [0, 0.05) is 0 Å². The number of hydrogen-bond donors (Lipinski definition) is 0. The van der Waals surface area contributed by atoms with Gasteiger partial charge in [-0.1, -0.05) is 30.3 Å². The Balaban J connectivity index is 2.14. The van der Waals surface area contributed by atoms with Crippen LogP contribution in [0.2, 0.25) is 0 Å². The van der Waals surface area contributed by atoms with Crippen LogP contribution in [0.15, 0.2) is 42.5 Å². The Morgan fingerprint density at radius 3 is 2.22 bits per heavy atom. The van der Waals surface area contributed by atoms with Crippen molar-refractivity contribution in [1.82, 2.24) is 0 Å². The second-order valence-corrected chi connectivity index (χ2v) is 4.32. The van der Waals surface area contributed by atoms with E-state index in [2.05, 4.69) is 6.07 Å². The summed E-state index contributed by atoms with van der Waals surface area (Å²) in [4.78, 5) is 0. The van der Waals surface area contributed by atoms with Gasteiger partial charge in [0.25, 0.3) is 0 Å². The minimum atomic E-state index is 0.547. The molecule has 0 fully saturated rings. The summed E-state index contributed by atoms with van der Waals surface area (Å²) in [7, 11) is 0. The van der Waals surface area contributed by atoms with E-state index >= 15 is 0 Å². The molecular weight excluding hydrogens is 222 g/mol. The van der Waals surface area contributed by atoms with Gasteiger partial charge in [0.05, 0.1) is 11.6 Å². The Morgan fingerprint density at radius 1 is 1.06 bits per heavy atom. The molecule has 0 spiro atoms. The number of hydrogen-bond acceptors (Lipinski definition) is 2. The van der Waals surface area contributed by atoms with E-state index in [1.165, 1.54) is 0 Å². The molecule has 2 rings (SSSR count). The lowest BCUT2D eigenvalue weighted by molar-refractivity contribution is 0.306. The van der Waals surface area contributed by atoms with Crippen LogP contribution >= 0.6 is 0 Å². The maximum atomic E-state index is 9.01. The highest BCUT2D eigenvalue weighted by atomic mass is 16.5. The third kappa shape index (κ3) is 2.70. The molecule has 0 radical (unpaired) electrons. The van der Waals surface area contributed by atoms with E-state index in [1.54, 1.807) is 0 Å². The first-order valence-corrected chi connectivity index (χ1v) is 5.89. The number of nitrogens with zero attached hydrogens (tertiary/aromatic N) is 1. The minimum Gasteiger partial charge on any atom is -0.489 e. The summed E-state index contributed by atoms with van der Waals surface area (Å²) in [6.45, 7) is 4.41. The normalized spacial score (nSPS) is 9.83. The molecule has 0 atom stereocenters. The predicted molar refractivity (Wildman–Crippen MR) is 71.4 cm³/mol. The van der Waals surface area contributed by atoms with E-state index in [1.807, 2.05) is 56.3 Å². The molecule has 0 saturated carbocycles. The summed E-state index contributed by atoms with van der Waals surface area (Å²) in [5.41, 5.74) is 3.79. The predicted octanol–water partition coefficient (Wildman–Crippen LogP) is 3.75. The fourth-order valence-corrected chi connectivity index (χ4v) is 1.92. The Kier molecular flexibility index (Phi) is 3.64. The minimum absolute atomic E-state index is 0.547. The summed E-state index contributed by atoms with van der Waals surface area (Å²) in [5, 5.41) is 9.01. The van der Waals surface area contributed by atoms with Crippen LogP contribution < -0.4 is 4.74 Å². The average Bonchev–Trinajstić information content (AvgIpc) is 2.37. The Labute approximate surface area is 107 Å². The molecule has 2 heteroatoms. The summed E-state index contributed by atoms with van der Waals surface area (Å²) in [6.07, 6.45) is 0. The van der Waals surface area contributed by atoms with Crippen molar-refractivity contribution in [3.8, 4) is 11.8 Å². The molecule has 0 unspecified atom stereocenters. The number of benzene rings is 2. The molecular formula is C16H15NO. The van der Waals surface area contributed by atoms with Crippen LogP contribution in [0.25, 0.3) is 0 Å². The van der Waals surface area contributed by atoms with Crippen molar-refractivity contribution in [2.45, 2.75) is 20.5 Å². The zero-order valence-electron chi connectivity index (χ0n) is 10.6. The largest absolute Gasteiger partial charge is 0.489 e. The van der Waals surface area contributed by atoms with Gasteiger partial charge in [0.1, 0.15) is 12.4 Å². The van der Waals surface area contributed by atoms with Gasteiger partial charge in [0.15, 0.2) is 0 Å². The molecule has 0 bridgehead atoms. The summed E-state index contributed by atoms with van der Waals surface area (Å²) < 4.78 is 5.74.